The SMILES string of the molecule is CC(=O)Nc1cc(C)c2nc(N)sc2c1. The van der Waals surface area contributed by atoms with Crippen LogP contribution in [-0.2, 0) is 4.79 Å². The molecule has 0 aliphatic rings. The molecule has 0 saturated carbocycles. The van der Waals surface area contributed by atoms with Gasteiger partial charge < -0.3 is 11.1 Å². The average Bonchev–Trinajstić information content (AvgIpc) is 2.44. The van der Waals surface area contributed by atoms with Gasteiger partial charge in [-0.1, -0.05) is 11.3 Å². The molecule has 1 aromatic carbocycles. The van der Waals surface area contributed by atoms with E-state index in [1.807, 2.05) is 19.1 Å². The minimum Gasteiger partial charge on any atom is -0.375 e. The molecule has 0 fully saturated rings. The van der Waals surface area contributed by atoms with Gasteiger partial charge in [-0.3, -0.25) is 4.79 Å². The van der Waals surface area contributed by atoms with Crippen LogP contribution < -0.4 is 11.1 Å². The Labute approximate surface area is 91.1 Å². The molecule has 1 aromatic heterocycles. The average molecular weight is 221 g/mol. The topological polar surface area (TPSA) is 68.0 Å². The number of amides is 1. The lowest BCUT2D eigenvalue weighted by Gasteiger charge is -2.03. The number of aryl methyl sites for hydroxylation is 1. The van der Waals surface area contributed by atoms with Crippen LogP contribution in [0.3, 0.4) is 0 Å². The summed E-state index contributed by atoms with van der Waals surface area (Å²) in [5, 5.41) is 3.30. The molecule has 3 N–H and O–H groups in total. The third kappa shape index (κ3) is 1.92. The second kappa shape index (κ2) is 3.51. The predicted octanol–water partition coefficient (Wildman–Crippen LogP) is 2.15. The molecule has 0 radical (unpaired) electrons. The van der Waals surface area contributed by atoms with Gasteiger partial charge in [0.15, 0.2) is 5.13 Å². The molecule has 2 aromatic rings. The van der Waals surface area contributed by atoms with Crippen LogP contribution in [0.5, 0.6) is 0 Å². The molecule has 0 atom stereocenters. The molecule has 0 saturated heterocycles. The van der Waals surface area contributed by atoms with Gasteiger partial charge in [0, 0.05) is 12.6 Å². The predicted molar refractivity (Wildman–Crippen MR) is 63.1 cm³/mol. The van der Waals surface area contributed by atoms with Crippen LogP contribution in [-0.4, -0.2) is 10.9 Å². The Morgan fingerprint density at radius 1 is 1.53 bits per heavy atom. The Kier molecular flexibility index (Phi) is 2.32. The number of nitrogen functional groups attached to an aromatic ring is 1. The number of anilines is 2. The minimum atomic E-state index is -0.0776. The van der Waals surface area contributed by atoms with Gasteiger partial charge in [0.2, 0.25) is 5.91 Å². The van der Waals surface area contributed by atoms with Crippen LogP contribution in [0.4, 0.5) is 10.8 Å². The van der Waals surface area contributed by atoms with E-state index >= 15 is 0 Å². The molecule has 1 heterocycles. The van der Waals surface area contributed by atoms with Crippen LogP contribution in [0.15, 0.2) is 12.1 Å². The number of nitrogens with one attached hydrogen (secondary N) is 1. The van der Waals surface area contributed by atoms with E-state index in [2.05, 4.69) is 10.3 Å². The number of rotatable bonds is 1. The van der Waals surface area contributed by atoms with E-state index in [1.54, 1.807) is 0 Å². The fourth-order valence-corrected chi connectivity index (χ4v) is 2.34. The van der Waals surface area contributed by atoms with Crippen LogP contribution in [0.25, 0.3) is 10.2 Å². The zero-order valence-electron chi connectivity index (χ0n) is 8.50. The normalized spacial score (nSPS) is 10.5. The summed E-state index contributed by atoms with van der Waals surface area (Å²) in [6, 6.07) is 3.78. The summed E-state index contributed by atoms with van der Waals surface area (Å²) in [6.45, 7) is 3.44. The number of hydrogen-bond donors (Lipinski definition) is 2. The first kappa shape index (κ1) is 9.92. The number of nitrogens with two attached hydrogens (primary N) is 1. The van der Waals surface area contributed by atoms with Gasteiger partial charge in [0.05, 0.1) is 10.2 Å². The van der Waals surface area contributed by atoms with Crippen molar-refractivity contribution in [1.29, 1.82) is 0 Å². The van der Waals surface area contributed by atoms with Crippen molar-refractivity contribution in [3.05, 3.63) is 17.7 Å². The van der Waals surface area contributed by atoms with Crippen molar-refractivity contribution >= 4 is 38.3 Å². The largest absolute Gasteiger partial charge is 0.375 e. The molecule has 0 bridgehead atoms. The molecule has 4 nitrogen and oxygen atoms in total. The fraction of sp³-hybridized carbons (Fsp3) is 0.200. The summed E-state index contributed by atoms with van der Waals surface area (Å²) in [6.07, 6.45) is 0. The summed E-state index contributed by atoms with van der Waals surface area (Å²) in [5.74, 6) is -0.0776. The molecule has 0 unspecified atom stereocenters. The second-order valence-corrected chi connectivity index (χ2v) is 4.44. The van der Waals surface area contributed by atoms with Gasteiger partial charge in [-0.15, -0.1) is 0 Å². The zero-order chi connectivity index (χ0) is 11.0. The van der Waals surface area contributed by atoms with Crippen LogP contribution in [0.1, 0.15) is 12.5 Å². The van der Waals surface area contributed by atoms with Crippen molar-refractivity contribution in [1.82, 2.24) is 4.98 Å². The summed E-state index contributed by atoms with van der Waals surface area (Å²) >= 11 is 1.42. The van der Waals surface area contributed by atoms with E-state index < -0.39 is 0 Å². The Bertz CT molecular complexity index is 533. The van der Waals surface area contributed by atoms with E-state index in [0.717, 1.165) is 21.5 Å². The number of nitrogens with zero attached hydrogens (tertiary/aromatic N) is 1. The van der Waals surface area contributed by atoms with Crippen molar-refractivity contribution in [2.75, 3.05) is 11.1 Å². The fourth-order valence-electron chi connectivity index (χ4n) is 1.49. The standard InChI is InChI=1S/C10H11N3OS/c1-5-3-7(12-6(2)14)4-8-9(5)13-10(11)15-8/h3-4H,1-2H3,(H2,11,13)(H,12,14). The number of carbonyl (C=O) groups is 1. The number of hydrogen-bond acceptors (Lipinski definition) is 4. The molecule has 1 amide bonds. The lowest BCUT2D eigenvalue weighted by Crippen LogP contribution is -2.05. The van der Waals surface area contributed by atoms with Gasteiger partial charge in [0.25, 0.3) is 0 Å². The third-order valence-corrected chi connectivity index (χ3v) is 2.85. The van der Waals surface area contributed by atoms with Gasteiger partial charge in [-0.05, 0) is 24.6 Å². The van der Waals surface area contributed by atoms with Gasteiger partial charge in [-0.2, -0.15) is 0 Å². The molecule has 0 spiro atoms. The first-order chi connectivity index (χ1) is 7.06. The second-order valence-electron chi connectivity index (χ2n) is 3.37. The van der Waals surface area contributed by atoms with Crippen molar-refractivity contribution in [3.63, 3.8) is 0 Å². The number of benzene rings is 1. The van der Waals surface area contributed by atoms with Crippen LogP contribution >= 0.6 is 11.3 Å². The minimum absolute atomic E-state index is 0.0776. The van der Waals surface area contributed by atoms with Crippen LogP contribution in [0, 0.1) is 6.92 Å². The summed E-state index contributed by atoms with van der Waals surface area (Å²) in [4.78, 5) is 15.1. The molecule has 0 aliphatic carbocycles. The van der Waals surface area contributed by atoms with E-state index in [1.165, 1.54) is 18.3 Å². The lowest BCUT2D eigenvalue weighted by molar-refractivity contribution is -0.114. The summed E-state index contributed by atoms with van der Waals surface area (Å²) < 4.78 is 0.997. The van der Waals surface area contributed by atoms with Crippen LogP contribution in [0.2, 0.25) is 0 Å². The Morgan fingerprint density at radius 2 is 2.27 bits per heavy atom. The van der Waals surface area contributed by atoms with Gasteiger partial charge in [0.1, 0.15) is 0 Å². The number of thiazole rings is 1. The molecule has 2 rings (SSSR count). The highest BCUT2D eigenvalue weighted by atomic mass is 32.1. The first-order valence-electron chi connectivity index (χ1n) is 4.50. The number of carbonyl (C=O) groups excluding carboxylic acids is 1. The Morgan fingerprint density at radius 3 is 2.93 bits per heavy atom. The highest BCUT2D eigenvalue weighted by molar-refractivity contribution is 7.22. The summed E-state index contributed by atoms with van der Waals surface area (Å²) in [7, 11) is 0. The third-order valence-electron chi connectivity index (χ3n) is 2.02. The molecule has 0 aliphatic heterocycles. The van der Waals surface area contributed by atoms with Crippen molar-refractivity contribution in [3.8, 4) is 0 Å². The Balaban J connectivity index is 2.56. The maximum absolute atomic E-state index is 10.9. The molecular formula is C10H11N3OS. The highest BCUT2D eigenvalue weighted by Crippen LogP contribution is 2.29. The zero-order valence-corrected chi connectivity index (χ0v) is 9.31. The van der Waals surface area contributed by atoms with E-state index in [4.69, 9.17) is 5.73 Å². The van der Waals surface area contributed by atoms with Crippen molar-refractivity contribution in [2.45, 2.75) is 13.8 Å². The van der Waals surface area contributed by atoms with Gasteiger partial charge >= 0.3 is 0 Å². The van der Waals surface area contributed by atoms with Crippen molar-refractivity contribution in [2.24, 2.45) is 0 Å². The molecule has 15 heavy (non-hydrogen) atoms. The van der Waals surface area contributed by atoms with E-state index in [0.29, 0.717) is 5.13 Å². The maximum Gasteiger partial charge on any atom is 0.221 e. The number of aromatic nitrogens is 1. The highest BCUT2D eigenvalue weighted by Gasteiger charge is 2.06. The Hall–Kier alpha value is -1.62. The maximum atomic E-state index is 10.9. The molecular weight excluding hydrogens is 210 g/mol. The summed E-state index contributed by atoms with van der Waals surface area (Å²) in [5.41, 5.74) is 8.35. The van der Waals surface area contributed by atoms with E-state index in [-0.39, 0.29) is 5.91 Å². The quantitative estimate of drug-likeness (QED) is 0.775. The van der Waals surface area contributed by atoms with Gasteiger partial charge in [-0.25, -0.2) is 4.98 Å². The first-order valence-corrected chi connectivity index (χ1v) is 5.32. The lowest BCUT2D eigenvalue weighted by atomic mass is 10.2. The van der Waals surface area contributed by atoms with E-state index in [9.17, 15) is 4.79 Å². The molecule has 78 valence electrons. The van der Waals surface area contributed by atoms with Crippen molar-refractivity contribution < 1.29 is 4.79 Å². The monoisotopic (exact) mass is 221 g/mol. The smallest absolute Gasteiger partial charge is 0.221 e. The molecule has 5 heteroatoms. The number of fused-ring (bicyclic) bond motifs is 1.